The van der Waals surface area contributed by atoms with Gasteiger partial charge in [0.05, 0.1) is 11.7 Å². The third-order valence-corrected chi connectivity index (χ3v) is 6.81. The summed E-state index contributed by atoms with van der Waals surface area (Å²) in [5, 5.41) is 9.76. The first-order chi connectivity index (χ1) is 17.4. The van der Waals surface area contributed by atoms with Crippen LogP contribution in [0.25, 0.3) is 22.5 Å². The summed E-state index contributed by atoms with van der Waals surface area (Å²) in [5.74, 6) is 1.11. The van der Waals surface area contributed by atoms with Crippen molar-refractivity contribution in [3.8, 4) is 28.3 Å². The summed E-state index contributed by atoms with van der Waals surface area (Å²) < 4.78 is 6.12. The van der Waals surface area contributed by atoms with Gasteiger partial charge in [-0.25, -0.2) is 14.8 Å². The molecule has 2 aromatic carbocycles. The lowest BCUT2D eigenvalue weighted by atomic mass is 9.98. The second kappa shape index (κ2) is 13.8. The second-order valence-corrected chi connectivity index (χ2v) is 9.83. The summed E-state index contributed by atoms with van der Waals surface area (Å²) in [6.45, 7) is 8.76. The van der Waals surface area contributed by atoms with Crippen LogP contribution in [0.2, 0.25) is 0 Å². The van der Waals surface area contributed by atoms with E-state index in [1.807, 2.05) is 42.7 Å². The van der Waals surface area contributed by atoms with Crippen LogP contribution in [-0.4, -0.2) is 27.1 Å². The zero-order chi connectivity index (χ0) is 25.9. The molecular weight excluding hydrogens is 448 g/mol. The smallest absolute Gasteiger partial charge is 0.336 e. The predicted octanol–water partition coefficient (Wildman–Crippen LogP) is 8.23. The van der Waals surface area contributed by atoms with Crippen molar-refractivity contribution in [1.82, 2.24) is 9.97 Å². The van der Waals surface area contributed by atoms with Gasteiger partial charge >= 0.3 is 5.97 Å². The molecule has 0 aliphatic carbocycles. The maximum atomic E-state index is 11.9. The first-order valence-corrected chi connectivity index (χ1v) is 13.4. The highest BCUT2D eigenvalue weighted by molar-refractivity contribution is 5.96. The van der Waals surface area contributed by atoms with E-state index in [1.54, 1.807) is 12.1 Å². The van der Waals surface area contributed by atoms with Gasteiger partial charge in [0.25, 0.3) is 0 Å². The topological polar surface area (TPSA) is 72.3 Å². The first-order valence-electron chi connectivity index (χ1n) is 13.4. The lowest BCUT2D eigenvalue weighted by Crippen LogP contribution is -2.12. The largest absolute Gasteiger partial charge is 0.491 e. The van der Waals surface area contributed by atoms with Crippen molar-refractivity contribution in [3.05, 3.63) is 66.0 Å². The minimum atomic E-state index is -0.954. The number of hydrogen-bond acceptors (Lipinski definition) is 4. The van der Waals surface area contributed by atoms with Gasteiger partial charge in [0.15, 0.2) is 5.82 Å². The van der Waals surface area contributed by atoms with Gasteiger partial charge in [0, 0.05) is 18.0 Å². The Morgan fingerprint density at radius 3 is 2.25 bits per heavy atom. The van der Waals surface area contributed by atoms with E-state index in [-0.39, 0.29) is 11.7 Å². The molecule has 3 aromatic rings. The van der Waals surface area contributed by atoms with Crippen LogP contribution in [0.3, 0.4) is 0 Å². The van der Waals surface area contributed by atoms with Crippen LogP contribution < -0.4 is 4.74 Å². The Bertz CT molecular complexity index is 1090. The van der Waals surface area contributed by atoms with Gasteiger partial charge < -0.3 is 9.84 Å². The molecule has 0 aliphatic heterocycles. The van der Waals surface area contributed by atoms with Crippen LogP contribution in [0.15, 0.2) is 54.9 Å². The van der Waals surface area contributed by atoms with E-state index in [1.165, 1.54) is 25.7 Å². The standard InChI is InChI=1S/C31H40N2O3/c1-5-7-8-9-10-23(4)36-27-17-18-28(31(34)35)29(19-27)25-13-15-26(16-14-25)30-32-20-24(21-33-30)12-11-22(3)6-2/h13-23H,5-12H2,1-4H3,(H,34,35)/t22-,23+/m0/s1. The maximum absolute atomic E-state index is 11.9. The summed E-state index contributed by atoms with van der Waals surface area (Å²) in [6.07, 6.45) is 13.0. The van der Waals surface area contributed by atoms with Gasteiger partial charge in [-0.3, -0.25) is 0 Å². The van der Waals surface area contributed by atoms with Crippen molar-refractivity contribution < 1.29 is 14.6 Å². The molecule has 1 aromatic heterocycles. The average molecular weight is 489 g/mol. The number of ether oxygens (including phenoxy) is 1. The molecule has 0 saturated carbocycles. The third-order valence-electron chi connectivity index (χ3n) is 6.81. The molecule has 3 rings (SSSR count). The molecule has 0 unspecified atom stereocenters. The molecular formula is C31H40N2O3. The number of aromatic carboxylic acids is 1. The number of benzene rings is 2. The predicted molar refractivity (Wildman–Crippen MR) is 146 cm³/mol. The summed E-state index contributed by atoms with van der Waals surface area (Å²) >= 11 is 0. The van der Waals surface area contributed by atoms with Crippen molar-refractivity contribution in [2.45, 2.75) is 85.2 Å². The molecule has 0 amide bonds. The van der Waals surface area contributed by atoms with Gasteiger partial charge in [-0.1, -0.05) is 70.7 Å². The zero-order valence-electron chi connectivity index (χ0n) is 22.2. The highest BCUT2D eigenvalue weighted by Gasteiger charge is 2.15. The van der Waals surface area contributed by atoms with Crippen molar-refractivity contribution in [2.24, 2.45) is 5.92 Å². The molecule has 5 nitrogen and oxygen atoms in total. The average Bonchev–Trinajstić information content (AvgIpc) is 2.90. The van der Waals surface area contributed by atoms with Crippen LogP contribution in [0.4, 0.5) is 0 Å². The van der Waals surface area contributed by atoms with Crippen molar-refractivity contribution in [3.63, 3.8) is 0 Å². The molecule has 0 radical (unpaired) electrons. The van der Waals surface area contributed by atoms with Gasteiger partial charge in [0.1, 0.15) is 5.75 Å². The van der Waals surface area contributed by atoms with E-state index < -0.39 is 5.97 Å². The maximum Gasteiger partial charge on any atom is 0.336 e. The number of nitrogens with zero attached hydrogens (tertiary/aromatic N) is 2. The molecule has 0 bridgehead atoms. The summed E-state index contributed by atoms with van der Waals surface area (Å²) in [7, 11) is 0. The molecule has 2 atom stereocenters. The number of carbonyl (C=O) groups is 1. The normalized spacial score (nSPS) is 12.8. The minimum Gasteiger partial charge on any atom is -0.491 e. The highest BCUT2D eigenvalue weighted by atomic mass is 16.5. The number of hydrogen-bond donors (Lipinski definition) is 1. The molecule has 1 N–H and O–H groups in total. The summed E-state index contributed by atoms with van der Waals surface area (Å²) in [5.41, 5.74) is 3.77. The molecule has 192 valence electrons. The molecule has 0 spiro atoms. The SMILES string of the molecule is CCCCCC[C@@H](C)Oc1ccc(C(=O)O)c(-c2ccc(-c3ncc(CC[C@@H](C)CC)cn3)cc2)c1. The fourth-order valence-corrected chi connectivity index (χ4v) is 4.22. The monoisotopic (exact) mass is 488 g/mol. The Kier molecular flexibility index (Phi) is 10.5. The molecule has 0 aliphatic rings. The molecule has 0 saturated heterocycles. The molecule has 36 heavy (non-hydrogen) atoms. The minimum absolute atomic E-state index is 0.0815. The lowest BCUT2D eigenvalue weighted by molar-refractivity contribution is 0.0697. The van der Waals surface area contributed by atoms with Crippen molar-refractivity contribution in [2.75, 3.05) is 0 Å². The van der Waals surface area contributed by atoms with E-state index >= 15 is 0 Å². The van der Waals surface area contributed by atoms with Crippen LogP contribution in [-0.2, 0) is 6.42 Å². The van der Waals surface area contributed by atoms with Gasteiger partial charge in [-0.15, -0.1) is 0 Å². The van der Waals surface area contributed by atoms with E-state index in [9.17, 15) is 9.90 Å². The summed E-state index contributed by atoms with van der Waals surface area (Å²) in [6, 6.07) is 13.0. The fourth-order valence-electron chi connectivity index (χ4n) is 4.22. The fraction of sp³-hybridized carbons (Fsp3) is 0.452. The van der Waals surface area contributed by atoms with Crippen LogP contribution in [0, 0.1) is 5.92 Å². The number of rotatable bonds is 14. The molecule has 0 fully saturated rings. The number of aromatic nitrogens is 2. The Balaban J connectivity index is 1.73. The van der Waals surface area contributed by atoms with Crippen LogP contribution in [0.5, 0.6) is 5.75 Å². The Morgan fingerprint density at radius 2 is 1.61 bits per heavy atom. The molecule has 5 heteroatoms. The Hall–Kier alpha value is -3.21. The zero-order valence-corrected chi connectivity index (χ0v) is 22.2. The number of unbranched alkanes of at least 4 members (excludes halogenated alkanes) is 3. The van der Waals surface area contributed by atoms with E-state index in [0.717, 1.165) is 42.4 Å². The first kappa shape index (κ1) is 27.4. The summed E-state index contributed by atoms with van der Waals surface area (Å²) in [4.78, 5) is 21.0. The third kappa shape index (κ3) is 7.91. The van der Waals surface area contributed by atoms with Crippen LogP contribution in [0.1, 0.15) is 88.6 Å². The van der Waals surface area contributed by atoms with Gasteiger partial charge in [0.2, 0.25) is 0 Å². The number of aryl methyl sites for hydroxylation is 1. The quantitative estimate of drug-likeness (QED) is 0.231. The number of carboxylic acids is 1. The Morgan fingerprint density at radius 1 is 0.917 bits per heavy atom. The van der Waals surface area contributed by atoms with Gasteiger partial charge in [-0.05, 0) is 73.4 Å². The van der Waals surface area contributed by atoms with Gasteiger partial charge in [-0.2, -0.15) is 0 Å². The molecule has 1 heterocycles. The Labute approximate surface area is 216 Å². The van der Waals surface area contributed by atoms with E-state index in [0.29, 0.717) is 23.1 Å². The highest BCUT2D eigenvalue weighted by Crippen LogP contribution is 2.30. The van der Waals surface area contributed by atoms with Crippen molar-refractivity contribution >= 4 is 5.97 Å². The second-order valence-electron chi connectivity index (χ2n) is 9.83. The van der Waals surface area contributed by atoms with E-state index in [4.69, 9.17) is 4.74 Å². The lowest BCUT2D eigenvalue weighted by Gasteiger charge is -2.16. The number of carboxylic acid groups (broad SMARTS) is 1. The van der Waals surface area contributed by atoms with Crippen molar-refractivity contribution in [1.29, 1.82) is 0 Å². The van der Waals surface area contributed by atoms with Crippen LogP contribution >= 0.6 is 0 Å². The van der Waals surface area contributed by atoms with E-state index in [2.05, 4.69) is 37.7 Å².